The molecule has 0 amide bonds. The zero-order valence-electron chi connectivity index (χ0n) is 14.4. The van der Waals surface area contributed by atoms with Gasteiger partial charge in [0.1, 0.15) is 0 Å². The van der Waals surface area contributed by atoms with E-state index < -0.39 is 18.4 Å². The number of halogens is 1. The van der Waals surface area contributed by atoms with Gasteiger partial charge < -0.3 is 0 Å². The maximum absolute atomic E-state index is 14.7. The van der Waals surface area contributed by atoms with Gasteiger partial charge in [0.15, 0.2) is 0 Å². The molecule has 0 radical (unpaired) electrons. The molecule has 1 rings (SSSR count). The topological polar surface area (TPSA) is 23.8 Å². The van der Waals surface area contributed by atoms with Gasteiger partial charge in [-0.1, -0.05) is 0 Å². The first kappa shape index (κ1) is 19.5. The molecule has 0 fully saturated rings. The minimum atomic E-state index is -2.85. The van der Waals surface area contributed by atoms with E-state index in [1.54, 1.807) is 12.1 Å². The summed E-state index contributed by atoms with van der Waals surface area (Å²) in [6.07, 6.45) is 7.03. The van der Waals surface area contributed by atoms with Gasteiger partial charge in [-0.25, -0.2) is 0 Å². The fourth-order valence-electron chi connectivity index (χ4n) is 3.45. The molecule has 0 N–H and O–H groups in total. The van der Waals surface area contributed by atoms with Crippen molar-refractivity contribution in [2.75, 3.05) is 0 Å². The van der Waals surface area contributed by atoms with Gasteiger partial charge in [-0.05, 0) is 0 Å². The molecule has 0 aliphatic carbocycles. The summed E-state index contributed by atoms with van der Waals surface area (Å²) in [5, 5.41) is 9.50. The fraction of sp³-hybridized carbons (Fsp3) is 0.632. The average Bonchev–Trinajstić information content (AvgIpc) is 2.54. The Kier molecular flexibility index (Phi) is 9.09. The van der Waals surface area contributed by atoms with Crippen LogP contribution in [0, 0.1) is 17.1 Å². The van der Waals surface area contributed by atoms with Crippen LogP contribution in [0.4, 0.5) is 4.39 Å². The monoisotopic (exact) mass is 411 g/mol. The van der Waals surface area contributed by atoms with Gasteiger partial charge in [0.25, 0.3) is 0 Å². The number of nitriles is 1. The van der Waals surface area contributed by atoms with E-state index in [-0.39, 0.29) is 5.82 Å². The van der Waals surface area contributed by atoms with Crippen LogP contribution in [0.2, 0.25) is 13.3 Å². The van der Waals surface area contributed by atoms with Crippen molar-refractivity contribution < 1.29 is 4.39 Å². The second-order valence-corrected chi connectivity index (χ2v) is 19.4. The summed E-state index contributed by atoms with van der Waals surface area (Å²) in [5.74, 6) is -0.0989. The molecule has 0 heterocycles. The molecular formula is C19H30FNSn. The molecule has 0 aliphatic heterocycles. The Balaban J connectivity index is 3.35. The molecule has 0 atom stereocenters. The summed E-state index contributed by atoms with van der Waals surface area (Å²) < 4.78 is 19.2. The molecule has 22 heavy (non-hydrogen) atoms. The third kappa shape index (κ3) is 4.98. The first-order valence-electron chi connectivity index (χ1n) is 8.84. The first-order valence-corrected chi connectivity index (χ1v) is 16.3. The summed E-state index contributed by atoms with van der Waals surface area (Å²) in [6.45, 7) is 6.63. The van der Waals surface area contributed by atoms with Crippen molar-refractivity contribution in [3.05, 3.63) is 29.6 Å². The van der Waals surface area contributed by atoms with Crippen LogP contribution in [0.1, 0.15) is 64.9 Å². The summed E-state index contributed by atoms with van der Waals surface area (Å²) in [4.78, 5) is 0. The Hall–Kier alpha value is -0.561. The van der Waals surface area contributed by atoms with Gasteiger partial charge in [-0.15, -0.1) is 0 Å². The van der Waals surface area contributed by atoms with Crippen molar-refractivity contribution in [1.82, 2.24) is 0 Å². The van der Waals surface area contributed by atoms with Crippen molar-refractivity contribution in [2.45, 2.75) is 72.6 Å². The van der Waals surface area contributed by atoms with Crippen LogP contribution >= 0.6 is 0 Å². The normalized spacial score (nSPS) is 11.4. The molecule has 122 valence electrons. The minimum absolute atomic E-state index is 0.0989. The van der Waals surface area contributed by atoms with Crippen molar-refractivity contribution in [1.29, 1.82) is 5.26 Å². The maximum atomic E-state index is 14.7. The summed E-state index contributed by atoms with van der Waals surface area (Å²) in [7, 11) is 0. The van der Waals surface area contributed by atoms with Crippen LogP contribution in [0.15, 0.2) is 18.2 Å². The first-order chi connectivity index (χ1) is 10.6. The summed E-state index contributed by atoms with van der Waals surface area (Å²) in [6, 6.07) is 7.37. The van der Waals surface area contributed by atoms with Gasteiger partial charge in [-0.2, -0.15) is 0 Å². The number of benzene rings is 1. The number of hydrogen-bond acceptors (Lipinski definition) is 1. The molecule has 3 heteroatoms. The van der Waals surface area contributed by atoms with Gasteiger partial charge >= 0.3 is 140 Å². The van der Waals surface area contributed by atoms with E-state index >= 15 is 0 Å². The van der Waals surface area contributed by atoms with E-state index in [0.717, 1.165) is 22.8 Å². The van der Waals surface area contributed by atoms with Gasteiger partial charge in [0.05, 0.1) is 0 Å². The molecule has 0 aromatic heterocycles. The van der Waals surface area contributed by atoms with E-state index in [2.05, 4.69) is 26.8 Å². The average molecular weight is 410 g/mol. The van der Waals surface area contributed by atoms with E-state index in [1.807, 2.05) is 6.07 Å². The van der Waals surface area contributed by atoms with Crippen LogP contribution in [0.5, 0.6) is 0 Å². The summed E-state index contributed by atoms with van der Waals surface area (Å²) >= 11 is -2.85. The van der Waals surface area contributed by atoms with Crippen molar-refractivity contribution in [2.24, 2.45) is 0 Å². The molecule has 0 saturated heterocycles. The van der Waals surface area contributed by atoms with E-state index in [0.29, 0.717) is 5.56 Å². The number of nitrogens with zero attached hydrogens (tertiary/aromatic N) is 1. The quantitative estimate of drug-likeness (QED) is 0.451. The molecule has 0 saturated carbocycles. The van der Waals surface area contributed by atoms with Crippen LogP contribution in [0.3, 0.4) is 0 Å². The fourth-order valence-corrected chi connectivity index (χ4v) is 20.3. The third-order valence-electron chi connectivity index (χ3n) is 4.69. The summed E-state index contributed by atoms with van der Waals surface area (Å²) in [5.41, 5.74) is 0.624. The predicted molar refractivity (Wildman–Crippen MR) is 95.6 cm³/mol. The van der Waals surface area contributed by atoms with E-state index in [9.17, 15) is 9.65 Å². The molecule has 1 aromatic carbocycles. The number of unbranched alkanes of at least 4 members (excludes halogenated alkanes) is 3. The van der Waals surface area contributed by atoms with Gasteiger partial charge in [0.2, 0.25) is 0 Å². The molecule has 0 aliphatic rings. The zero-order valence-corrected chi connectivity index (χ0v) is 17.3. The number of rotatable bonds is 10. The molecule has 0 unspecified atom stereocenters. The number of hydrogen-bond donors (Lipinski definition) is 0. The second-order valence-electron chi connectivity index (χ2n) is 6.37. The van der Waals surface area contributed by atoms with Crippen LogP contribution < -0.4 is 3.58 Å². The van der Waals surface area contributed by atoms with Crippen molar-refractivity contribution >= 4 is 22.0 Å². The zero-order chi connectivity index (χ0) is 16.4. The third-order valence-corrected chi connectivity index (χ3v) is 20.4. The Morgan fingerprint density at radius 1 is 0.955 bits per heavy atom. The molecule has 0 spiro atoms. The molecule has 1 aromatic rings. The van der Waals surface area contributed by atoms with Crippen molar-refractivity contribution in [3.63, 3.8) is 0 Å². The Labute approximate surface area is 139 Å². The van der Waals surface area contributed by atoms with Gasteiger partial charge in [0, 0.05) is 0 Å². The van der Waals surface area contributed by atoms with Gasteiger partial charge in [-0.3, -0.25) is 0 Å². The Bertz CT molecular complexity index is 471. The molecule has 0 bridgehead atoms. The second kappa shape index (κ2) is 10.3. The Morgan fingerprint density at radius 2 is 1.45 bits per heavy atom. The van der Waals surface area contributed by atoms with Crippen LogP contribution in [-0.4, -0.2) is 18.4 Å². The molecular weight excluding hydrogens is 380 g/mol. The van der Waals surface area contributed by atoms with E-state index in [4.69, 9.17) is 0 Å². The van der Waals surface area contributed by atoms with Crippen molar-refractivity contribution in [3.8, 4) is 6.07 Å². The molecule has 1 nitrogen and oxygen atoms in total. The SMILES string of the molecule is CCC[CH2][Sn]([CH2]CCC)([CH2]CCC)[c]1c(F)cccc1C#N. The van der Waals surface area contributed by atoms with Crippen LogP contribution in [0.25, 0.3) is 0 Å². The van der Waals surface area contributed by atoms with Crippen LogP contribution in [-0.2, 0) is 0 Å². The standard InChI is InChI=1S/C7H3FN.3C4H9.Sn/c8-7-3-1-2-6(4-7)5-9;3*1-3-4-2;/h1-3H;3*1,3-4H2,2H3;. The van der Waals surface area contributed by atoms with E-state index in [1.165, 1.54) is 32.6 Å². The Morgan fingerprint density at radius 3 is 1.86 bits per heavy atom. The predicted octanol–water partition coefficient (Wildman–Crippen LogP) is 5.75.